The number of ether oxygens (including phenoxy) is 1. The molecule has 0 spiro atoms. The number of nitrogens with zero attached hydrogens (tertiary/aromatic N) is 2. The van der Waals surface area contributed by atoms with Crippen LogP contribution in [0.2, 0.25) is 0 Å². The molecule has 1 aliphatic carbocycles. The van der Waals surface area contributed by atoms with Crippen molar-refractivity contribution >= 4 is 11.8 Å². The summed E-state index contributed by atoms with van der Waals surface area (Å²) in [5.41, 5.74) is 0. The van der Waals surface area contributed by atoms with Gasteiger partial charge in [0.2, 0.25) is 5.91 Å². The van der Waals surface area contributed by atoms with Crippen molar-refractivity contribution in [2.45, 2.75) is 37.8 Å². The van der Waals surface area contributed by atoms with Crippen LogP contribution >= 0.6 is 0 Å². The van der Waals surface area contributed by atoms with Crippen molar-refractivity contribution in [3.63, 3.8) is 0 Å². The summed E-state index contributed by atoms with van der Waals surface area (Å²) in [6, 6.07) is 0.461. The Morgan fingerprint density at radius 1 is 1.24 bits per heavy atom. The highest BCUT2D eigenvalue weighted by atomic mass is 16.5. The quantitative estimate of drug-likeness (QED) is 0.680. The molecule has 0 bridgehead atoms. The van der Waals surface area contributed by atoms with Crippen LogP contribution in [0.3, 0.4) is 0 Å². The summed E-state index contributed by atoms with van der Waals surface area (Å²) < 4.78 is 5.37. The van der Waals surface area contributed by atoms with Crippen molar-refractivity contribution in [2.24, 2.45) is 0 Å². The molecule has 1 atom stereocenters. The highest BCUT2D eigenvalue weighted by Gasteiger charge is 2.38. The fourth-order valence-electron chi connectivity index (χ4n) is 2.62. The van der Waals surface area contributed by atoms with Crippen LogP contribution in [0.25, 0.3) is 0 Å². The minimum atomic E-state index is -0.296. The summed E-state index contributed by atoms with van der Waals surface area (Å²) in [6.45, 7) is 2.28. The predicted octanol–water partition coefficient (Wildman–Crippen LogP) is -0.00140. The molecule has 0 N–H and O–H groups in total. The summed E-state index contributed by atoms with van der Waals surface area (Å²) in [5, 5.41) is 0. The number of carbonyl (C=O) groups is 2. The van der Waals surface area contributed by atoms with Gasteiger partial charge in [-0.15, -0.1) is 0 Å². The zero-order valence-electron chi connectivity index (χ0n) is 9.93. The SMILES string of the molecule is O=C(C1CCCO1)N1CCN(C2CC2)C(=O)C1. The molecule has 2 saturated heterocycles. The molecule has 0 aromatic carbocycles. The lowest BCUT2D eigenvalue weighted by Gasteiger charge is -2.35. The normalized spacial score (nSPS) is 29.9. The number of piperazine rings is 1. The molecule has 3 fully saturated rings. The Morgan fingerprint density at radius 2 is 2.06 bits per heavy atom. The van der Waals surface area contributed by atoms with Gasteiger partial charge in [-0.05, 0) is 25.7 Å². The molecule has 17 heavy (non-hydrogen) atoms. The molecule has 94 valence electrons. The molecule has 5 heteroatoms. The monoisotopic (exact) mass is 238 g/mol. The Balaban J connectivity index is 1.58. The van der Waals surface area contributed by atoms with Crippen LogP contribution in [0.15, 0.2) is 0 Å². The molecule has 3 rings (SSSR count). The summed E-state index contributed by atoms with van der Waals surface area (Å²) in [6.07, 6.45) is 3.72. The highest BCUT2D eigenvalue weighted by molar-refractivity contribution is 5.88. The Bertz CT molecular complexity index is 335. The third kappa shape index (κ3) is 2.16. The van der Waals surface area contributed by atoms with E-state index in [4.69, 9.17) is 4.74 Å². The van der Waals surface area contributed by atoms with Crippen molar-refractivity contribution in [2.75, 3.05) is 26.2 Å². The molecule has 0 aromatic heterocycles. The van der Waals surface area contributed by atoms with Gasteiger partial charge >= 0.3 is 0 Å². The second-order valence-corrected chi connectivity index (χ2v) is 5.08. The van der Waals surface area contributed by atoms with Gasteiger partial charge in [-0.3, -0.25) is 9.59 Å². The van der Waals surface area contributed by atoms with E-state index in [-0.39, 0.29) is 24.5 Å². The summed E-state index contributed by atoms with van der Waals surface area (Å²) in [7, 11) is 0. The van der Waals surface area contributed by atoms with Gasteiger partial charge in [0.1, 0.15) is 6.10 Å². The van der Waals surface area contributed by atoms with E-state index in [0.717, 1.165) is 25.7 Å². The van der Waals surface area contributed by atoms with Crippen molar-refractivity contribution in [3.8, 4) is 0 Å². The van der Waals surface area contributed by atoms with Gasteiger partial charge in [0, 0.05) is 25.7 Å². The molecule has 5 nitrogen and oxygen atoms in total. The maximum atomic E-state index is 12.1. The average Bonchev–Trinajstić information content (AvgIpc) is 3.02. The van der Waals surface area contributed by atoms with Crippen LogP contribution < -0.4 is 0 Å². The molecule has 1 saturated carbocycles. The lowest BCUT2D eigenvalue weighted by molar-refractivity contribution is -0.151. The molecular weight excluding hydrogens is 220 g/mol. The molecule has 2 amide bonds. The van der Waals surface area contributed by atoms with Gasteiger partial charge in [-0.25, -0.2) is 0 Å². The zero-order valence-corrected chi connectivity index (χ0v) is 9.93. The van der Waals surface area contributed by atoms with Gasteiger partial charge in [-0.2, -0.15) is 0 Å². The zero-order chi connectivity index (χ0) is 11.8. The van der Waals surface area contributed by atoms with E-state index >= 15 is 0 Å². The third-order valence-corrected chi connectivity index (χ3v) is 3.76. The Labute approximate surface area is 101 Å². The minimum Gasteiger partial charge on any atom is -0.368 e. The second-order valence-electron chi connectivity index (χ2n) is 5.08. The minimum absolute atomic E-state index is 0.00583. The summed E-state index contributed by atoms with van der Waals surface area (Å²) in [5.74, 6) is 0.108. The van der Waals surface area contributed by atoms with E-state index in [1.54, 1.807) is 4.90 Å². The smallest absolute Gasteiger partial charge is 0.252 e. The van der Waals surface area contributed by atoms with Gasteiger partial charge < -0.3 is 14.5 Å². The number of rotatable bonds is 2. The summed E-state index contributed by atoms with van der Waals surface area (Å²) in [4.78, 5) is 27.6. The first-order valence-corrected chi connectivity index (χ1v) is 6.45. The Hall–Kier alpha value is -1.10. The fraction of sp³-hybridized carbons (Fsp3) is 0.833. The van der Waals surface area contributed by atoms with Crippen LogP contribution in [-0.2, 0) is 14.3 Å². The average molecular weight is 238 g/mol. The van der Waals surface area contributed by atoms with Crippen molar-refractivity contribution in [1.82, 2.24) is 9.80 Å². The topological polar surface area (TPSA) is 49.9 Å². The molecule has 1 unspecified atom stereocenters. The maximum Gasteiger partial charge on any atom is 0.252 e. The van der Waals surface area contributed by atoms with Crippen LogP contribution in [-0.4, -0.2) is 60.0 Å². The fourth-order valence-corrected chi connectivity index (χ4v) is 2.62. The lowest BCUT2D eigenvalue weighted by atomic mass is 10.2. The number of amides is 2. The van der Waals surface area contributed by atoms with Gasteiger partial charge in [-0.1, -0.05) is 0 Å². The first-order chi connectivity index (χ1) is 8.25. The highest BCUT2D eigenvalue weighted by Crippen LogP contribution is 2.28. The van der Waals surface area contributed by atoms with Crippen LogP contribution in [0.5, 0.6) is 0 Å². The largest absolute Gasteiger partial charge is 0.368 e. The van der Waals surface area contributed by atoms with Crippen LogP contribution in [0.4, 0.5) is 0 Å². The van der Waals surface area contributed by atoms with Crippen LogP contribution in [0.1, 0.15) is 25.7 Å². The standard InChI is InChI=1S/C12H18N2O3/c15-11-8-13(5-6-14(11)9-3-4-9)12(16)10-2-1-7-17-10/h9-10H,1-8H2. The second kappa shape index (κ2) is 4.29. The molecule has 3 aliphatic rings. The van der Waals surface area contributed by atoms with Gasteiger partial charge in [0.15, 0.2) is 0 Å². The van der Waals surface area contributed by atoms with E-state index in [2.05, 4.69) is 0 Å². The van der Waals surface area contributed by atoms with E-state index < -0.39 is 0 Å². The maximum absolute atomic E-state index is 12.1. The van der Waals surface area contributed by atoms with Crippen molar-refractivity contribution in [1.29, 1.82) is 0 Å². The Morgan fingerprint density at radius 3 is 2.65 bits per heavy atom. The van der Waals surface area contributed by atoms with Crippen molar-refractivity contribution < 1.29 is 14.3 Å². The number of hydrogen-bond donors (Lipinski definition) is 0. The molecular formula is C12H18N2O3. The molecule has 2 aliphatic heterocycles. The number of carbonyl (C=O) groups excluding carboxylic acids is 2. The molecule has 0 aromatic rings. The van der Waals surface area contributed by atoms with Gasteiger partial charge in [0.25, 0.3) is 5.91 Å². The van der Waals surface area contributed by atoms with E-state index in [1.165, 1.54) is 0 Å². The van der Waals surface area contributed by atoms with E-state index in [1.807, 2.05) is 4.90 Å². The van der Waals surface area contributed by atoms with E-state index in [0.29, 0.717) is 25.7 Å². The third-order valence-electron chi connectivity index (χ3n) is 3.76. The van der Waals surface area contributed by atoms with Crippen molar-refractivity contribution in [3.05, 3.63) is 0 Å². The molecule has 0 radical (unpaired) electrons. The molecule has 2 heterocycles. The van der Waals surface area contributed by atoms with Gasteiger partial charge in [0.05, 0.1) is 6.54 Å². The first-order valence-electron chi connectivity index (χ1n) is 6.45. The lowest BCUT2D eigenvalue weighted by Crippen LogP contribution is -2.54. The van der Waals surface area contributed by atoms with E-state index in [9.17, 15) is 9.59 Å². The summed E-state index contributed by atoms with van der Waals surface area (Å²) >= 11 is 0. The first kappa shape index (κ1) is 11.0. The Kier molecular flexibility index (Phi) is 2.78. The predicted molar refractivity (Wildman–Crippen MR) is 60.3 cm³/mol. The van der Waals surface area contributed by atoms with Crippen LogP contribution in [0, 0.1) is 0 Å². The number of hydrogen-bond acceptors (Lipinski definition) is 3.